The molecule has 1 unspecified atom stereocenters. The molecule has 0 aliphatic carbocycles. The number of amides is 2. The first-order valence-electron chi connectivity index (χ1n) is 10.6. The quantitative estimate of drug-likeness (QED) is 0.361. The second-order valence-corrected chi connectivity index (χ2v) is 9.00. The topological polar surface area (TPSA) is 103 Å². The number of hydrogen-bond acceptors (Lipinski definition) is 7. The monoisotopic (exact) mass is 511 g/mol. The van der Waals surface area contributed by atoms with Crippen LogP contribution in [0.4, 0.5) is 4.79 Å². The number of phenols is 1. The number of imidazole rings is 1. The lowest BCUT2D eigenvalue weighted by atomic mass is 10.1. The molecule has 5 rings (SSSR count). The van der Waals surface area contributed by atoms with Crippen LogP contribution in [-0.2, 0) is 24.9 Å². The number of thioether (sulfide) groups is 1. The molecule has 0 radical (unpaired) electrons. The van der Waals surface area contributed by atoms with Crippen LogP contribution in [0.1, 0.15) is 11.4 Å². The zero-order valence-electron chi connectivity index (χ0n) is 18.6. The van der Waals surface area contributed by atoms with Gasteiger partial charge >= 0.3 is 0 Å². The van der Waals surface area contributed by atoms with Crippen LogP contribution in [0.5, 0.6) is 23.0 Å². The van der Waals surface area contributed by atoms with E-state index in [9.17, 15) is 14.7 Å². The number of ether oxygens (including phenoxy) is 2. The first-order chi connectivity index (χ1) is 16.5. The zero-order valence-corrected chi connectivity index (χ0v) is 20.3. The highest BCUT2D eigenvalue weighted by atomic mass is 35.5. The zero-order chi connectivity index (χ0) is 23.7. The van der Waals surface area contributed by atoms with Gasteiger partial charge in [-0.05, 0) is 48.4 Å². The third kappa shape index (κ3) is 5.36. The molecule has 1 atom stereocenters. The molecular formula is C25H22ClN3O5S. The van der Waals surface area contributed by atoms with Crippen LogP contribution in [0, 0.1) is 0 Å². The first-order valence-corrected chi connectivity index (χ1v) is 11.5. The molecule has 1 aliphatic heterocycles. The molecule has 35 heavy (non-hydrogen) atoms. The standard InChI is InChI=1S/C25H21N3O5S.ClH/c1-28-19-13-17(33-21-5-3-2-4-20(21)29)10-11-18(19)26-23(28)14-32-16-8-6-15(7-9-16)12-22-24(30)27-25(31)34-22;/h2-11,13,22,29H,12,14H2,1H3,(H,27,30,31);1H. The second kappa shape index (κ2) is 10.3. The van der Waals surface area contributed by atoms with Gasteiger partial charge in [0.1, 0.15) is 23.9 Å². The Morgan fingerprint density at radius 1 is 1.06 bits per heavy atom. The molecule has 2 amide bonds. The fourth-order valence-corrected chi connectivity index (χ4v) is 4.55. The van der Waals surface area contributed by atoms with Gasteiger partial charge in [0.2, 0.25) is 5.91 Å². The number of carbonyl (C=O) groups is 2. The van der Waals surface area contributed by atoms with Crippen LogP contribution in [0.25, 0.3) is 11.0 Å². The average molecular weight is 512 g/mol. The van der Waals surface area contributed by atoms with Gasteiger partial charge in [-0.2, -0.15) is 0 Å². The average Bonchev–Trinajstić information content (AvgIpc) is 3.32. The maximum atomic E-state index is 11.7. The van der Waals surface area contributed by atoms with Gasteiger partial charge in [-0.3, -0.25) is 14.9 Å². The highest BCUT2D eigenvalue weighted by Gasteiger charge is 2.31. The molecule has 1 fully saturated rings. The minimum atomic E-state index is -0.390. The Bertz CT molecular complexity index is 1390. The van der Waals surface area contributed by atoms with E-state index in [-0.39, 0.29) is 41.2 Å². The van der Waals surface area contributed by atoms with Gasteiger partial charge in [0.25, 0.3) is 5.24 Å². The highest BCUT2D eigenvalue weighted by molar-refractivity contribution is 8.15. The van der Waals surface area contributed by atoms with Crippen molar-refractivity contribution in [2.24, 2.45) is 7.05 Å². The van der Waals surface area contributed by atoms with Crippen molar-refractivity contribution in [2.75, 3.05) is 0 Å². The van der Waals surface area contributed by atoms with Gasteiger partial charge in [0, 0.05) is 13.1 Å². The van der Waals surface area contributed by atoms with Crippen molar-refractivity contribution < 1.29 is 24.2 Å². The SMILES string of the molecule is Cl.Cn1c(COc2ccc(CC3SC(=O)NC3=O)cc2)nc2ccc(Oc3ccccc3O)cc21. The van der Waals surface area contributed by atoms with Crippen molar-refractivity contribution in [1.82, 2.24) is 14.9 Å². The van der Waals surface area contributed by atoms with Crippen LogP contribution in [0.3, 0.4) is 0 Å². The maximum absolute atomic E-state index is 11.7. The number of hydrogen-bond donors (Lipinski definition) is 2. The molecule has 0 spiro atoms. The fourth-order valence-electron chi connectivity index (χ4n) is 3.69. The van der Waals surface area contributed by atoms with Crippen molar-refractivity contribution in [3.63, 3.8) is 0 Å². The predicted octanol–water partition coefficient (Wildman–Crippen LogP) is 4.97. The van der Waals surface area contributed by atoms with E-state index in [4.69, 9.17) is 9.47 Å². The van der Waals surface area contributed by atoms with Gasteiger partial charge in [-0.1, -0.05) is 36.0 Å². The van der Waals surface area contributed by atoms with Crippen LogP contribution in [0.15, 0.2) is 66.7 Å². The van der Waals surface area contributed by atoms with E-state index in [1.165, 1.54) is 0 Å². The number of carbonyl (C=O) groups excluding carboxylic acids is 2. The van der Waals surface area contributed by atoms with E-state index < -0.39 is 0 Å². The Balaban J connectivity index is 0.00000289. The summed E-state index contributed by atoms with van der Waals surface area (Å²) in [6, 6.07) is 19.8. The molecular weight excluding hydrogens is 490 g/mol. The number of nitrogens with one attached hydrogen (secondary N) is 1. The van der Waals surface area contributed by atoms with E-state index in [0.717, 1.165) is 34.2 Å². The summed E-state index contributed by atoms with van der Waals surface area (Å²) in [5.74, 6) is 2.23. The molecule has 1 aliphatic rings. The summed E-state index contributed by atoms with van der Waals surface area (Å²) in [5.41, 5.74) is 2.64. The predicted molar refractivity (Wildman–Crippen MR) is 136 cm³/mol. The third-order valence-corrected chi connectivity index (χ3v) is 6.50. The lowest BCUT2D eigenvalue weighted by Gasteiger charge is -2.09. The normalized spacial score (nSPS) is 15.1. The largest absolute Gasteiger partial charge is 0.504 e. The molecule has 4 aromatic rings. The van der Waals surface area contributed by atoms with Crippen molar-refractivity contribution in [1.29, 1.82) is 0 Å². The van der Waals surface area contributed by atoms with Gasteiger partial charge in [0.15, 0.2) is 11.5 Å². The third-order valence-electron chi connectivity index (χ3n) is 5.52. The Hall–Kier alpha value is -3.69. The summed E-state index contributed by atoms with van der Waals surface area (Å²) in [7, 11) is 1.91. The number of aryl methyl sites for hydroxylation is 1. The second-order valence-electron chi connectivity index (χ2n) is 7.83. The van der Waals surface area contributed by atoms with Gasteiger partial charge in [-0.25, -0.2) is 4.98 Å². The molecule has 0 saturated carbocycles. The van der Waals surface area contributed by atoms with E-state index in [1.807, 2.05) is 54.1 Å². The summed E-state index contributed by atoms with van der Waals surface area (Å²) < 4.78 is 13.7. The minimum Gasteiger partial charge on any atom is -0.504 e. The molecule has 10 heteroatoms. The van der Waals surface area contributed by atoms with Crippen LogP contribution in [0.2, 0.25) is 0 Å². The Kier molecular flexibility index (Phi) is 7.18. The van der Waals surface area contributed by atoms with E-state index >= 15 is 0 Å². The number of aromatic hydroxyl groups is 1. The smallest absolute Gasteiger partial charge is 0.286 e. The number of phenolic OH excluding ortho intramolecular Hbond substituents is 1. The molecule has 2 heterocycles. The van der Waals surface area contributed by atoms with Gasteiger partial charge in [-0.15, -0.1) is 12.4 Å². The first kappa shape index (κ1) is 24.4. The number of benzene rings is 3. The van der Waals surface area contributed by atoms with Crippen molar-refractivity contribution >= 4 is 46.3 Å². The van der Waals surface area contributed by atoms with Crippen LogP contribution >= 0.6 is 24.2 Å². The number of nitrogens with zero attached hydrogens (tertiary/aromatic N) is 2. The highest BCUT2D eigenvalue weighted by Crippen LogP contribution is 2.32. The van der Waals surface area contributed by atoms with E-state index in [1.54, 1.807) is 24.3 Å². The fraction of sp³-hybridized carbons (Fsp3) is 0.160. The lowest BCUT2D eigenvalue weighted by molar-refractivity contribution is -0.118. The molecule has 180 valence electrons. The summed E-state index contributed by atoms with van der Waals surface area (Å²) in [4.78, 5) is 27.7. The Morgan fingerprint density at radius 3 is 2.51 bits per heavy atom. The molecule has 2 N–H and O–H groups in total. The number of imide groups is 1. The Morgan fingerprint density at radius 2 is 1.80 bits per heavy atom. The van der Waals surface area contributed by atoms with Crippen molar-refractivity contribution in [3.05, 3.63) is 78.1 Å². The molecule has 1 aromatic heterocycles. The molecule has 1 saturated heterocycles. The number of fused-ring (bicyclic) bond motifs is 1. The van der Waals surface area contributed by atoms with Crippen LogP contribution < -0.4 is 14.8 Å². The summed E-state index contributed by atoms with van der Waals surface area (Å²) >= 11 is 1.02. The van der Waals surface area contributed by atoms with Crippen molar-refractivity contribution in [3.8, 4) is 23.0 Å². The summed E-state index contributed by atoms with van der Waals surface area (Å²) in [6.45, 7) is 0.273. The summed E-state index contributed by atoms with van der Waals surface area (Å²) in [5, 5.41) is 11.6. The van der Waals surface area contributed by atoms with Crippen LogP contribution in [-0.4, -0.2) is 31.1 Å². The van der Waals surface area contributed by atoms with E-state index in [0.29, 0.717) is 23.7 Å². The lowest BCUT2D eigenvalue weighted by Crippen LogP contribution is -2.25. The number of rotatable bonds is 7. The number of para-hydroxylation sites is 2. The van der Waals surface area contributed by atoms with Crippen molar-refractivity contribution in [2.45, 2.75) is 18.3 Å². The summed E-state index contributed by atoms with van der Waals surface area (Å²) in [6.07, 6.45) is 0.485. The maximum Gasteiger partial charge on any atom is 0.286 e. The minimum absolute atomic E-state index is 0. The number of aromatic nitrogens is 2. The van der Waals surface area contributed by atoms with Gasteiger partial charge in [0.05, 0.1) is 16.3 Å². The Labute approximate surface area is 211 Å². The molecule has 8 nitrogen and oxygen atoms in total. The molecule has 3 aromatic carbocycles. The van der Waals surface area contributed by atoms with Gasteiger partial charge < -0.3 is 19.1 Å². The van der Waals surface area contributed by atoms with E-state index in [2.05, 4.69) is 10.3 Å². The number of halogens is 1. The molecule has 0 bridgehead atoms.